The molecule has 0 amide bonds. The molecule has 4 bridgehead atoms. The second-order valence-electron chi connectivity index (χ2n) is 12.7. The summed E-state index contributed by atoms with van der Waals surface area (Å²) in [7, 11) is 0. The molecule has 1 saturated carbocycles. The van der Waals surface area contributed by atoms with E-state index in [-0.39, 0.29) is 58.8 Å². The van der Waals surface area contributed by atoms with Gasteiger partial charge in [-0.2, -0.15) is 0 Å². The topological polar surface area (TPSA) is 130 Å². The number of aldehydes is 1. The molecule has 0 radical (unpaired) electrons. The molecular formula is C33H38O8. The van der Waals surface area contributed by atoms with Gasteiger partial charge < -0.3 is 24.8 Å². The summed E-state index contributed by atoms with van der Waals surface area (Å²) in [6.45, 7) is 14.6. The number of allylic oxidation sites excluding steroid dienone is 4. The Balaban J connectivity index is 1.81. The molecule has 5 atom stereocenters. The third-order valence-corrected chi connectivity index (χ3v) is 9.27. The fourth-order valence-electron chi connectivity index (χ4n) is 7.17. The lowest BCUT2D eigenvalue weighted by Gasteiger charge is -2.56. The van der Waals surface area contributed by atoms with E-state index in [1.807, 2.05) is 33.8 Å². The molecule has 1 aromatic rings. The molecule has 2 fully saturated rings. The lowest BCUT2D eigenvalue weighted by atomic mass is 9.51. The number of ketones is 2. The highest BCUT2D eigenvalue weighted by Gasteiger charge is 2.81. The highest BCUT2D eigenvalue weighted by Crippen LogP contribution is 2.68. The number of hydrogen-bond acceptors (Lipinski definition) is 8. The van der Waals surface area contributed by atoms with Gasteiger partial charge in [-0.15, -0.1) is 0 Å². The van der Waals surface area contributed by atoms with Crippen LogP contribution in [0.4, 0.5) is 0 Å². The lowest BCUT2D eigenvalue weighted by molar-refractivity contribution is -0.171. The molecule has 41 heavy (non-hydrogen) atoms. The molecule has 6 rings (SSSR count). The first-order chi connectivity index (χ1) is 19.1. The smallest absolute Gasteiger partial charge is 0.200 e. The van der Waals surface area contributed by atoms with Crippen molar-refractivity contribution >= 4 is 17.9 Å². The predicted molar refractivity (Wildman–Crippen MR) is 152 cm³/mol. The Hall–Kier alpha value is -3.49. The summed E-state index contributed by atoms with van der Waals surface area (Å²) in [5.41, 5.74) is -1.71. The van der Waals surface area contributed by atoms with Gasteiger partial charge in [-0.1, -0.05) is 36.0 Å². The zero-order valence-electron chi connectivity index (χ0n) is 24.5. The van der Waals surface area contributed by atoms with Crippen LogP contribution >= 0.6 is 0 Å². The molecule has 8 heteroatoms. The fraction of sp³-hybridized carbons (Fsp3) is 0.485. The number of benzene rings is 1. The summed E-state index contributed by atoms with van der Waals surface area (Å²) in [4.78, 5) is 40.0. The van der Waals surface area contributed by atoms with Crippen LogP contribution in [-0.2, 0) is 27.2 Å². The minimum Gasteiger partial charge on any atom is -0.507 e. The Labute approximate surface area is 240 Å². The molecule has 5 aliphatic rings. The van der Waals surface area contributed by atoms with Crippen molar-refractivity contribution in [3.63, 3.8) is 0 Å². The van der Waals surface area contributed by atoms with E-state index in [1.54, 1.807) is 26.0 Å². The number of Topliss-reactive ketones (excluding diaryl/α,β-unsaturated/α-hetero) is 2. The van der Waals surface area contributed by atoms with Crippen LogP contribution in [0.5, 0.6) is 17.2 Å². The minimum atomic E-state index is -1.58. The Morgan fingerprint density at radius 2 is 1.80 bits per heavy atom. The summed E-state index contributed by atoms with van der Waals surface area (Å²) < 4.78 is 13.5. The van der Waals surface area contributed by atoms with Crippen LogP contribution in [0.2, 0.25) is 0 Å². The van der Waals surface area contributed by atoms with Crippen LogP contribution < -0.4 is 4.74 Å². The molecule has 1 spiro atoms. The lowest BCUT2D eigenvalue weighted by Crippen LogP contribution is -2.72. The first-order valence-electron chi connectivity index (χ1n) is 14.0. The minimum absolute atomic E-state index is 0.00753. The van der Waals surface area contributed by atoms with Crippen LogP contribution in [0.1, 0.15) is 75.9 Å². The Morgan fingerprint density at radius 3 is 2.41 bits per heavy atom. The number of aromatic hydroxyl groups is 2. The van der Waals surface area contributed by atoms with Crippen LogP contribution in [0.15, 0.2) is 47.1 Å². The molecule has 3 N–H and O–H groups in total. The number of carbonyl (C=O) groups is 3. The molecule has 1 saturated heterocycles. The average molecular weight is 563 g/mol. The van der Waals surface area contributed by atoms with Gasteiger partial charge in [0.15, 0.2) is 22.8 Å². The van der Waals surface area contributed by atoms with Crippen molar-refractivity contribution in [3.8, 4) is 17.2 Å². The van der Waals surface area contributed by atoms with Crippen molar-refractivity contribution in [3.05, 3.63) is 63.8 Å². The summed E-state index contributed by atoms with van der Waals surface area (Å²) in [5.74, 6) is -2.45. The number of fused-ring (bicyclic) bond motifs is 1. The van der Waals surface area contributed by atoms with Crippen molar-refractivity contribution in [1.82, 2.24) is 0 Å². The number of phenolic OH excluding ortho intramolecular Hbond substituents is 2. The van der Waals surface area contributed by atoms with Crippen LogP contribution in [0.25, 0.3) is 0 Å². The Bertz CT molecular complexity index is 1490. The van der Waals surface area contributed by atoms with Gasteiger partial charge in [0.2, 0.25) is 0 Å². The zero-order chi connectivity index (χ0) is 30.2. The molecule has 3 aliphatic carbocycles. The van der Waals surface area contributed by atoms with Gasteiger partial charge in [-0.25, -0.2) is 0 Å². The molecule has 1 aromatic carbocycles. The van der Waals surface area contributed by atoms with E-state index in [2.05, 4.69) is 6.58 Å². The monoisotopic (exact) mass is 562 g/mol. The normalized spacial score (nSPS) is 29.7. The number of aliphatic hydroxyl groups excluding tert-OH is 1. The average Bonchev–Trinajstić information content (AvgIpc) is 3.06. The molecular weight excluding hydrogens is 524 g/mol. The van der Waals surface area contributed by atoms with E-state index in [0.717, 1.165) is 5.57 Å². The zero-order valence-corrected chi connectivity index (χ0v) is 24.5. The van der Waals surface area contributed by atoms with Crippen molar-refractivity contribution in [1.29, 1.82) is 0 Å². The third-order valence-electron chi connectivity index (χ3n) is 9.27. The molecule has 0 aromatic heterocycles. The van der Waals surface area contributed by atoms with Crippen molar-refractivity contribution in [2.45, 2.75) is 90.1 Å². The van der Waals surface area contributed by atoms with E-state index < -0.39 is 46.3 Å². The van der Waals surface area contributed by atoms with Gasteiger partial charge in [0.25, 0.3) is 0 Å². The summed E-state index contributed by atoms with van der Waals surface area (Å²) in [6, 6.07) is 0. The van der Waals surface area contributed by atoms with Gasteiger partial charge in [-0.05, 0) is 60.0 Å². The Kier molecular flexibility index (Phi) is 6.74. The summed E-state index contributed by atoms with van der Waals surface area (Å²) in [5, 5.41) is 33.5. The van der Waals surface area contributed by atoms with E-state index in [9.17, 15) is 29.7 Å². The standard InChI is InChI=1S/C33H38O8/c1-16(2)8-9-20-26(36)21(14-23(35)17(3)4)27(37)25-28(38)22-12-19-13-24-31(6,7)41-32(30(19)39,11-10-18(5)15-34)33(22,24)40-29(20)25/h8,10,12,15,19,23-24,35-37H,3,9,11,13-14H2,1-2,4-7H3/b18-10+/t19-,23?,24?,32+,33-/m0/s1. The van der Waals surface area contributed by atoms with E-state index >= 15 is 0 Å². The highest BCUT2D eigenvalue weighted by molar-refractivity contribution is 6.18. The van der Waals surface area contributed by atoms with Gasteiger partial charge in [0, 0.05) is 41.4 Å². The van der Waals surface area contributed by atoms with Crippen molar-refractivity contribution in [2.75, 3.05) is 0 Å². The first-order valence-corrected chi connectivity index (χ1v) is 14.0. The maximum Gasteiger partial charge on any atom is 0.200 e. The van der Waals surface area contributed by atoms with Gasteiger partial charge in [0.1, 0.15) is 29.1 Å². The number of phenols is 2. The number of hydrogen-bond donors (Lipinski definition) is 3. The summed E-state index contributed by atoms with van der Waals surface area (Å²) >= 11 is 0. The largest absolute Gasteiger partial charge is 0.507 e. The number of carbonyl (C=O) groups excluding carboxylic acids is 3. The second kappa shape index (κ2) is 9.53. The van der Waals surface area contributed by atoms with Crippen molar-refractivity contribution < 1.29 is 39.2 Å². The molecule has 8 nitrogen and oxygen atoms in total. The van der Waals surface area contributed by atoms with E-state index in [1.165, 1.54) is 0 Å². The molecule has 2 unspecified atom stereocenters. The van der Waals surface area contributed by atoms with Gasteiger partial charge in [-0.3, -0.25) is 14.4 Å². The SMILES string of the molecule is C=C(C)C(O)Cc1c(O)c(CC=C(C)C)c2c(c1O)C(=O)C1=C[C@H]3CC4C(C)(C)O[C@](C/C=C(\C)C=O)(C3=O)[C@]14O2. The Morgan fingerprint density at radius 1 is 1.12 bits per heavy atom. The number of rotatable bonds is 8. The number of aliphatic hydroxyl groups is 1. The van der Waals surface area contributed by atoms with E-state index in [4.69, 9.17) is 9.47 Å². The van der Waals surface area contributed by atoms with E-state index in [0.29, 0.717) is 23.9 Å². The van der Waals surface area contributed by atoms with Crippen LogP contribution in [0.3, 0.4) is 0 Å². The van der Waals surface area contributed by atoms with Crippen molar-refractivity contribution in [2.24, 2.45) is 11.8 Å². The molecule has 2 aliphatic heterocycles. The first kappa shape index (κ1) is 29.0. The third kappa shape index (κ3) is 3.91. The predicted octanol–water partition coefficient (Wildman–Crippen LogP) is 4.63. The fourth-order valence-corrected chi connectivity index (χ4v) is 7.17. The second-order valence-corrected chi connectivity index (χ2v) is 12.7. The van der Waals surface area contributed by atoms with Crippen LogP contribution in [-0.4, -0.2) is 56.1 Å². The highest BCUT2D eigenvalue weighted by atomic mass is 16.6. The summed E-state index contributed by atoms with van der Waals surface area (Å²) in [6.07, 6.45) is 5.26. The van der Waals surface area contributed by atoms with Gasteiger partial charge >= 0.3 is 0 Å². The van der Waals surface area contributed by atoms with Gasteiger partial charge in [0.05, 0.1) is 11.7 Å². The maximum absolute atomic E-state index is 14.5. The quantitative estimate of drug-likeness (QED) is 0.238. The molecule has 2 heterocycles. The number of ether oxygens (including phenoxy) is 2. The van der Waals surface area contributed by atoms with Crippen LogP contribution in [0, 0.1) is 11.8 Å². The maximum atomic E-state index is 14.5. The molecule has 218 valence electrons.